The van der Waals surface area contributed by atoms with Crippen molar-refractivity contribution >= 4 is 11.4 Å². The molecule has 0 spiro atoms. The Bertz CT molecular complexity index is 504. The van der Waals surface area contributed by atoms with Gasteiger partial charge in [0.05, 0.1) is 10.5 Å². The highest BCUT2D eigenvalue weighted by Gasteiger charge is 2.32. The van der Waals surface area contributed by atoms with E-state index in [1.807, 2.05) is 13.0 Å². The van der Waals surface area contributed by atoms with E-state index in [2.05, 4.69) is 12.2 Å². The lowest BCUT2D eigenvalue weighted by Gasteiger charge is -2.35. The van der Waals surface area contributed by atoms with Crippen LogP contribution in [0.15, 0.2) is 18.2 Å². The molecule has 0 aromatic heterocycles. The number of aryl methyl sites for hydroxylation is 1. The van der Waals surface area contributed by atoms with Crippen molar-refractivity contribution in [2.75, 3.05) is 11.9 Å². The number of hydrogen-bond acceptors (Lipinski definition) is 4. The van der Waals surface area contributed by atoms with E-state index in [9.17, 15) is 15.2 Å². The van der Waals surface area contributed by atoms with E-state index in [-0.39, 0.29) is 10.6 Å². The van der Waals surface area contributed by atoms with Gasteiger partial charge in [-0.1, -0.05) is 25.8 Å². The Morgan fingerprint density at radius 2 is 2.30 bits per heavy atom. The maximum absolute atomic E-state index is 11.1. The summed E-state index contributed by atoms with van der Waals surface area (Å²) in [7, 11) is 0. The second-order valence-corrected chi connectivity index (χ2v) is 6.06. The minimum atomic E-state index is -0.754. The molecule has 1 aliphatic rings. The fraction of sp³-hybridized carbons (Fsp3) is 0.600. The van der Waals surface area contributed by atoms with E-state index in [1.54, 1.807) is 12.1 Å². The van der Waals surface area contributed by atoms with Gasteiger partial charge in [-0.05, 0) is 37.3 Å². The van der Waals surface area contributed by atoms with Crippen LogP contribution in [0.1, 0.15) is 38.2 Å². The molecule has 0 amide bonds. The molecule has 1 aromatic carbocycles. The van der Waals surface area contributed by atoms with E-state index in [1.165, 1.54) is 0 Å². The Hall–Kier alpha value is -1.62. The lowest BCUT2D eigenvalue weighted by molar-refractivity contribution is -0.384. The Balaban J connectivity index is 2.09. The van der Waals surface area contributed by atoms with E-state index >= 15 is 0 Å². The quantitative estimate of drug-likeness (QED) is 0.654. The minimum Gasteiger partial charge on any atom is -0.388 e. The molecule has 0 bridgehead atoms. The van der Waals surface area contributed by atoms with Crippen LogP contribution in [0.5, 0.6) is 0 Å². The van der Waals surface area contributed by atoms with Gasteiger partial charge in [-0.2, -0.15) is 0 Å². The molecular weight excluding hydrogens is 256 g/mol. The number of nitrogens with one attached hydrogen (secondary N) is 1. The van der Waals surface area contributed by atoms with Crippen molar-refractivity contribution in [3.05, 3.63) is 33.9 Å². The predicted octanol–water partition coefficient (Wildman–Crippen LogP) is 3.26. The number of nitrogens with zero attached hydrogens (tertiary/aromatic N) is 1. The average Bonchev–Trinajstić information content (AvgIpc) is 2.37. The van der Waals surface area contributed by atoms with Crippen molar-refractivity contribution in [3.63, 3.8) is 0 Å². The van der Waals surface area contributed by atoms with Gasteiger partial charge in [0.2, 0.25) is 0 Å². The number of benzene rings is 1. The van der Waals surface area contributed by atoms with Crippen LogP contribution in [-0.4, -0.2) is 22.2 Å². The van der Waals surface area contributed by atoms with Crippen molar-refractivity contribution in [1.29, 1.82) is 0 Å². The molecule has 5 heteroatoms. The van der Waals surface area contributed by atoms with Crippen molar-refractivity contribution in [2.45, 2.75) is 45.1 Å². The first-order valence-corrected chi connectivity index (χ1v) is 7.11. The largest absolute Gasteiger partial charge is 0.388 e. The van der Waals surface area contributed by atoms with Crippen molar-refractivity contribution in [1.82, 2.24) is 0 Å². The highest BCUT2D eigenvalue weighted by molar-refractivity contribution is 5.62. The molecule has 1 saturated carbocycles. The fourth-order valence-electron chi connectivity index (χ4n) is 2.99. The van der Waals surface area contributed by atoms with Crippen LogP contribution in [0, 0.1) is 23.0 Å². The third-order valence-corrected chi connectivity index (χ3v) is 4.03. The Morgan fingerprint density at radius 1 is 1.55 bits per heavy atom. The van der Waals surface area contributed by atoms with Gasteiger partial charge in [0, 0.05) is 12.6 Å². The van der Waals surface area contributed by atoms with Gasteiger partial charge >= 0.3 is 0 Å². The standard InChI is InChI=1S/C15H22N2O3/c1-11-5-6-13(14(8-11)17(19)20)16-10-15(18)7-3-4-12(2)9-15/h5-6,8,12,16,18H,3-4,7,9-10H2,1-2H3. The molecule has 2 N–H and O–H groups in total. The van der Waals surface area contributed by atoms with Crippen LogP contribution >= 0.6 is 0 Å². The van der Waals surface area contributed by atoms with Crippen molar-refractivity contribution < 1.29 is 10.0 Å². The molecule has 1 aromatic rings. The van der Waals surface area contributed by atoms with E-state index < -0.39 is 5.60 Å². The molecule has 0 saturated heterocycles. The molecule has 2 rings (SSSR count). The second kappa shape index (κ2) is 5.79. The number of nitro groups is 1. The topological polar surface area (TPSA) is 75.4 Å². The Kier molecular flexibility index (Phi) is 4.28. The first-order chi connectivity index (χ1) is 9.39. The molecule has 2 atom stereocenters. The van der Waals surface area contributed by atoms with E-state index in [0.29, 0.717) is 18.2 Å². The summed E-state index contributed by atoms with van der Waals surface area (Å²) >= 11 is 0. The third-order valence-electron chi connectivity index (χ3n) is 4.03. The summed E-state index contributed by atoms with van der Waals surface area (Å²) in [6, 6.07) is 5.10. The van der Waals surface area contributed by atoms with Crippen molar-refractivity contribution in [3.8, 4) is 0 Å². The highest BCUT2D eigenvalue weighted by atomic mass is 16.6. The van der Waals surface area contributed by atoms with Crippen LogP contribution < -0.4 is 5.32 Å². The predicted molar refractivity (Wildman–Crippen MR) is 78.9 cm³/mol. The zero-order valence-corrected chi connectivity index (χ0v) is 12.1. The maximum atomic E-state index is 11.1. The van der Waals surface area contributed by atoms with Gasteiger partial charge in [-0.25, -0.2) is 0 Å². The van der Waals surface area contributed by atoms with Gasteiger partial charge in [0.15, 0.2) is 0 Å². The summed E-state index contributed by atoms with van der Waals surface area (Å²) in [4.78, 5) is 10.7. The zero-order valence-electron chi connectivity index (χ0n) is 12.1. The molecule has 1 aliphatic carbocycles. The van der Waals surface area contributed by atoms with Crippen molar-refractivity contribution in [2.24, 2.45) is 5.92 Å². The fourth-order valence-corrected chi connectivity index (χ4v) is 2.99. The molecule has 110 valence electrons. The van der Waals surface area contributed by atoms with Gasteiger partial charge in [0.25, 0.3) is 5.69 Å². The summed E-state index contributed by atoms with van der Waals surface area (Å²) in [5.74, 6) is 0.503. The van der Waals surface area contributed by atoms with E-state index in [4.69, 9.17) is 0 Å². The smallest absolute Gasteiger partial charge is 0.292 e. The monoisotopic (exact) mass is 278 g/mol. The summed E-state index contributed by atoms with van der Waals surface area (Å²) in [5, 5.41) is 24.7. The Labute approximate surface area is 119 Å². The van der Waals surface area contributed by atoms with Gasteiger partial charge < -0.3 is 10.4 Å². The van der Waals surface area contributed by atoms with Crippen LogP contribution in [0.2, 0.25) is 0 Å². The van der Waals surface area contributed by atoms with Crippen LogP contribution in [0.4, 0.5) is 11.4 Å². The van der Waals surface area contributed by atoms with Gasteiger partial charge in [-0.3, -0.25) is 10.1 Å². The number of aliphatic hydroxyl groups is 1. The minimum absolute atomic E-state index is 0.0671. The molecule has 0 aliphatic heterocycles. The van der Waals surface area contributed by atoms with Gasteiger partial charge in [-0.15, -0.1) is 0 Å². The summed E-state index contributed by atoms with van der Waals surface area (Å²) in [6.45, 7) is 4.33. The molecule has 1 fully saturated rings. The lowest BCUT2D eigenvalue weighted by atomic mass is 9.79. The molecule has 5 nitrogen and oxygen atoms in total. The SMILES string of the molecule is Cc1ccc(NCC2(O)CCCC(C)C2)c([N+](=O)[O-])c1. The maximum Gasteiger partial charge on any atom is 0.292 e. The number of rotatable bonds is 4. The normalized spacial score (nSPS) is 26.2. The van der Waals surface area contributed by atoms with Crippen LogP contribution in [-0.2, 0) is 0 Å². The number of anilines is 1. The molecule has 2 unspecified atom stereocenters. The molecule has 0 radical (unpaired) electrons. The third kappa shape index (κ3) is 3.48. The number of nitro benzene ring substituents is 1. The average molecular weight is 278 g/mol. The number of hydrogen-bond donors (Lipinski definition) is 2. The van der Waals surface area contributed by atoms with E-state index in [0.717, 1.165) is 31.2 Å². The molecule has 20 heavy (non-hydrogen) atoms. The zero-order chi connectivity index (χ0) is 14.8. The Morgan fingerprint density at radius 3 is 2.95 bits per heavy atom. The summed E-state index contributed by atoms with van der Waals surface area (Å²) < 4.78 is 0. The first kappa shape index (κ1) is 14.8. The summed E-state index contributed by atoms with van der Waals surface area (Å²) in [6.07, 6.45) is 3.66. The molecule has 0 heterocycles. The lowest BCUT2D eigenvalue weighted by Crippen LogP contribution is -2.41. The second-order valence-electron chi connectivity index (χ2n) is 6.06. The molecular formula is C15H22N2O3. The highest BCUT2D eigenvalue weighted by Crippen LogP contribution is 2.33. The van der Waals surface area contributed by atoms with Crippen LogP contribution in [0.25, 0.3) is 0 Å². The first-order valence-electron chi connectivity index (χ1n) is 7.11. The van der Waals surface area contributed by atoms with Gasteiger partial charge in [0.1, 0.15) is 5.69 Å². The summed E-state index contributed by atoms with van der Waals surface area (Å²) in [5.41, 5.74) is 0.646. The van der Waals surface area contributed by atoms with Crippen LogP contribution in [0.3, 0.4) is 0 Å².